The molecule has 0 saturated carbocycles. The number of amides is 1. The first kappa shape index (κ1) is 24.0. The molecule has 1 heterocycles. The van der Waals surface area contributed by atoms with E-state index in [4.69, 9.17) is 23.7 Å². The minimum Gasteiger partial charge on any atom is -0.492 e. The number of ether oxygens (including phenoxy) is 5. The Bertz CT molecular complexity index is 1480. The number of carbonyl (C=O) groups excluding carboxylic acids is 2. The molecule has 0 bridgehead atoms. The highest BCUT2D eigenvalue weighted by atomic mass is 16.7. The van der Waals surface area contributed by atoms with Crippen molar-refractivity contribution in [3.05, 3.63) is 77.9 Å². The van der Waals surface area contributed by atoms with Crippen LogP contribution in [0.3, 0.4) is 0 Å². The second kappa shape index (κ2) is 10.1. The van der Waals surface area contributed by atoms with Crippen LogP contribution in [0, 0.1) is 0 Å². The summed E-state index contributed by atoms with van der Waals surface area (Å²) < 4.78 is 27.9. The fourth-order valence-corrected chi connectivity index (χ4v) is 4.49. The molecule has 8 heteroatoms. The minimum absolute atomic E-state index is 0.130. The molecular weight excluding hydrogens is 474 g/mol. The van der Waals surface area contributed by atoms with Crippen molar-refractivity contribution in [1.29, 1.82) is 0 Å². The van der Waals surface area contributed by atoms with Crippen LogP contribution in [-0.2, 0) is 16.1 Å². The molecule has 0 spiro atoms. The maximum atomic E-state index is 13.1. The van der Waals surface area contributed by atoms with Gasteiger partial charge in [0.25, 0.3) is 0 Å². The molecule has 0 saturated heterocycles. The van der Waals surface area contributed by atoms with Gasteiger partial charge in [0.15, 0.2) is 23.0 Å². The highest BCUT2D eigenvalue weighted by Crippen LogP contribution is 2.46. The zero-order chi connectivity index (χ0) is 25.9. The van der Waals surface area contributed by atoms with Crippen LogP contribution >= 0.6 is 0 Å². The monoisotopic (exact) mass is 499 g/mol. The van der Waals surface area contributed by atoms with E-state index in [2.05, 4.69) is 0 Å². The van der Waals surface area contributed by atoms with Gasteiger partial charge in [-0.2, -0.15) is 0 Å². The van der Waals surface area contributed by atoms with E-state index in [0.717, 1.165) is 22.7 Å². The normalized spacial score (nSPS) is 11.8. The lowest BCUT2D eigenvalue weighted by atomic mass is 9.93. The summed E-state index contributed by atoms with van der Waals surface area (Å²) in [6.07, 6.45) is 0.718. The summed E-state index contributed by atoms with van der Waals surface area (Å²) in [5.74, 6) is 1.26. The van der Waals surface area contributed by atoms with Crippen molar-refractivity contribution in [3.8, 4) is 34.1 Å². The predicted octanol–water partition coefficient (Wildman–Crippen LogP) is 5.20. The van der Waals surface area contributed by atoms with Gasteiger partial charge in [0, 0.05) is 23.6 Å². The number of carbonyl (C=O) groups is 2. The van der Waals surface area contributed by atoms with E-state index < -0.39 is 5.97 Å². The Labute approximate surface area is 213 Å². The fourth-order valence-electron chi connectivity index (χ4n) is 4.49. The van der Waals surface area contributed by atoms with Crippen LogP contribution in [-0.4, -0.2) is 40.4 Å². The van der Waals surface area contributed by atoms with Gasteiger partial charge in [-0.1, -0.05) is 42.5 Å². The minimum atomic E-state index is -0.595. The van der Waals surface area contributed by atoms with Gasteiger partial charge in [-0.3, -0.25) is 4.79 Å². The Morgan fingerprint density at radius 1 is 0.973 bits per heavy atom. The van der Waals surface area contributed by atoms with Crippen LogP contribution in [0.5, 0.6) is 23.0 Å². The predicted molar refractivity (Wildman–Crippen MR) is 139 cm³/mol. The summed E-state index contributed by atoms with van der Waals surface area (Å²) in [6, 6.07) is 20.7. The molecule has 4 aromatic rings. The van der Waals surface area contributed by atoms with Gasteiger partial charge in [0.2, 0.25) is 13.2 Å². The topological polar surface area (TPSA) is 83.5 Å². The van der Waals surface area contributed by atoms with Crippen molar-refractivity contribution < 1.29 is 33.3 Å². The van der Waals surface area contributed by atoms with E-state index in [1.807, 2.05) is 54.6 Å². The highest BCUT2D eigenvalue weighted by Gasteiger charge is 2.27. The standard InChI is InChI=1S/C29H25NO7/c1-30(16-31)27-21(10-9-19-13-24-25(14-22(19)27)37-17-36-24)20-11-12-23(28(33-2)26(20)29(32)34-3)35-15-18-7-5-4-6-8-18/h4-14,16H,15,17H2,1-3H3. The zero-order valence-corrected chi connectivity index (χ0v) is 20.6. The summed E-state index contributed by atoms with van der Waals surface area (Å²) in [7, 11) is 4.44. The van der Waals surface area contributed by atoms with Crippen LogP contribution in [0.4, 0.5) is 5.69 Å². The summed E-state index contributed by atoms with van der Waals surface area (Å²) in [5.41, 5.74) is 2.91. The number of rotatable bonds is 8. The van der Waals surface area contributed by atoms with E-state index >= 15 is 0 Å². The summed E-state index contributed by atoms with van der Waals surface area (Å²) in [4.78, 5) is 26.5. The number of fused-ring (bicyclic) bond motifs is 2. The SMILES string of the molecule is COC(=O)c1c(-c2ccc3cc4c(cc3c2N(C)C=O)OCO4)ccc(OCc2ccccc2)c1OC. The molecule has 0 atom stereocenters. The van der Waals surface area contributed by atoms with Crippen molar-refractivity contribution >= 4 is 28.8 Å². The molecule has 1 amide bonds. The van der Waals surface area contributed by atoms with Crippen LogP contribution in [0.2, 0.25) is 0 Å². The van der Waals surface area contributed by atoms with E-state index in [-0.39, 0.29) is 18.1 Å². The molecule has 1 aliphatic rings. The van der Waals surface area contributed by atoms with Crippen LogP contribution in [0.1, 0.15) is 15.9 Å². The highest BCUT2D eigenvalue weighted by molar-refractivity contribution is 6.10. The van der Waals surface area contributed by atoms with E-state index in [9.17, 15) is 9.59 Å². The van der Waals surface area contributed by atoms with Gasteiger partial charge in [-0.25, -0.2) is 4.79 Å². The van der Waals surface area contributed by atoms with Gasteiger partial charge in [0.1, 0.15) is 12.2 Å². The number of benzene rings is 4. The number of methoxy groups -OCH3 is 2. The summed E-state index contributed by atoms with van der Waals surface area (Å²) >= 11 is 0. The molecule has 4 aromatic carbocycles. The van der Waals surface area contributed by atoms with E-state index in [0.29, 0.717) is 40.7 Å². The van der Waals surface area contributed by atoms with Gasteiger partial charge in [0.05, 0.1) is 19.9 Å². The third-order valence-electron chi connectivity index (χ3n) is 6.24. The molecule has 0 aliphatic carbocycles. The molecule has 0 aromatic heterocycles. The van der Waals surface area contributed by atoms with Crippen molar-refractivity contribution in [2.75, 3.05) is 33.0 Å². The number of hydrogen-bond donors (Lipinski definition) is 0. The first-order chi connectivity index (χ1) is 18.0. The third kappa shape index (κ3) is 4.38. The van der Waals surface area contributed by atoms with Crippen molar-refractivity contribution in [2.24, 2.45) is 0 Å². The van der Waals surface area contributed by atoms with Gasteiger partial charge >= 0.3 is 5.97 Å². The number of anilines is 1. The Kier molecular flexibility index (Phi) is 6.55. The van der Waals surface area contributed by atoms with Crippen LogP contribution < -0.4 is 23.8 Å². The smallest absolute Gasteiger partial charge is 0.342 e. The first-order valence-electron chi connectivity index (χ1n) is 11.6. The molecule has 5 rings (SSSR count). The van der Waals surface area contributed by atoms with Crippen LogP contribution in [0.15, 0.2) is 66.7 Å². The lowest BCUT2D eigenvalue weighted by Gasteiger charge is -2.22. The van der Waals surface area contributed by atoms with Crippen molar-refractivity contribution in [1.82, 2.24) is 0 Å². The average molecular weight is 500 g/mol. The number of esters is 1. The molecule has 0 unspecified atom stereocenters. The van der Waals surface area contributed by atoms with Crippen molar-refractivity contribution in [3.63, 3.8) is 0 Å². The quantitative estimate of drug-likeness (QED) is 0.243. The summed E-state index contributed by atoms with van der Waals surface area (Å²) in [6.45, 7) is 0.422. The molecule has 1 aliphatic heterocycles. The maximum Gasteiger partial charge on any atom is 0.342 e. The molecule has 188 valence electrons. The summed E-state index contributed by atoms with van der Waals surface area (Å²) in [5, 5.41) is 1.61. The van der Waals surface area contributed by atoms with Gasteiger partial charge in [-0.05, 0) is 35.2 Å². The third-order valence-corrected chi connectivity index (χ3v) is 6.24. The maximum absolute atomic E-state index is 13.1. The van der Waals surface area contributed by atoms with E-state index in [1.54, 1.807) is 19.2 Å². The fraction of sp³-hybridized carbons (Fsp3) is 0.172. The van der Waals surface area contributed by atoms with E-state index in [1.165, 1.54) is 19.1 Å². The molecule has 0 fully saturated rings. The van der Waals surface area contributed by atoms with Crippen LogP contribution in [0.25, 0.3) is 21.9 Å². The molecule has 37 heavy (non-hydrogen) atoms. The Balaban J connectivity index is 1.70. The molecule has 8 nitrogen and oxygen atoms in total. The molecule has 0 N–H and O–H groups in total. The van der Waals surface area contributed by atoms with Crippen molar-refractivity contribution in [2.45, 2.75) is 6.61 Å². The lowest BCUT2D eigenvalue weighted by Crippen LogP contribution is -2.16. The lowest BCUT2D eigenvalue weighted by molar-refractivity contribution is -0.107. The molecular formula is C29H25NO7. The number of nitrogens with zero attached hydrogens (tertiary/aromatic N) is 1. The van der Waals surface area contributed by atoms with Gasteiger partial charge < -0.3 is 28.6 Å². The first-order valence-corrected chi connectivity index (χ1v) is 11.6. The zero-order valence-electron chi connectivity index (χ0n) is 20.6. The second-order valence-electron chi connectivity index (χ2n) is 8.39. The Hall–Kier alpha value is -4.72. The second-order valence-corrected chi connectivity index (χ2v) is 8.39. The Morgan fingerprint density at radius 3 is 2.41 bits per heavy atom. The Morgan fingerprint density at radius 2 is 1.70 bits per heavy atom. The van der Waals surface area contributed by atoms with Gasteiger partial charge in [-0.15, -0.1) is 0 Å². The molecule has 0 radical (unpaired) electrons. The largest absolute Gasteiger partial charge is 0.492 e. The number of hydrogen-bond acceptors (Lipinski definition) is 7. The average Bonchev–Trinajstić information content (AvgIpc) is 3.40.